The van der Waals surface area contributed by atoms with Crippen molar-refractivity contribution in [3.63, 3.8) is 0 Å². The minimum Gasteiger partial charge on any atom is -0.388 e. The lowest BCUT2D eigenvalue weighted by Crippen LogP contribution is -2.07. The van der Waals surface area contributed by atoms with E-state index < -0.39 is 0 Å². The van der Waals surface area contributed by atoms with Crippen LogP contribution in [0.2, 0.25) is 0 Å². The van der Waals surface area contributed by atoms with Gasteiger partial charge in [-0.05, 0) is 24.3 Å². The van der Waals surface area contributed by atoms with Crippen LogP contribution in [0.15, 0.2) is 24.3 Å². The van der Waals surface area contributed by atoms with E-state index in [2.05, 4.69) is 10.6 Å². The van der Waals surface area contributed by atoms with Gasteiger partial charge < -0.3 is 15.4 Å². The number of hydrogen-bond acceptors (Lipinski definition) is 3. The molecule has 1 rings (SSSR count). The summed E-state index contributed by atoms with van der Waals surface area (Å²) in [4.78, 5) is 0. The molecule has 2 N–H and O–H groups in total. The fourth-order valence-electron chi connectivity index (χ4n) is 1.05. The van der Waals surface area contributed by atoms with E-state index >= 15 is 0 Å². The summed E-state index contributed by atoms with van der Waals surface area (Å²) >= 11 is 0. The molecule has 13 heavy (non-hydrogen) atoms. The molecule has 1 aromatic rings. The lowest BCUT2D eigenvalue weighted by Gasteiger charge is -2.06. The highest BCUT2D eigenvalue weighted by Crippen LogP contribution is 2.12. The third-order valence-electron chi connectivity index (χ3n) is 1.81. The summed E-state index contributed by atoms with van der Waals surface area (Å²) in [5.74, 6) is 0. The first-order chi connectivity index (χ1) is 6.36. The van der Waals surface area contributed by atoms with Gasteiger partial charge in [0.2, 0.25) is 0 Å². The lowest BCUT2D eigenvalue weighted by atomic mass is 10.3. The fourth-order valence-corrected chi connectivity index (χ4v) is 1.05. The van der Waals surface area contributed by atoms with E-state index in [1.54, 1.807) is 7.11 Å². The Balaban J connectivity index is 2.40. The Hall–Kier alpha value is -1.22. The highest BCUT2D eigenvalue weighted by Gasteiger charge is 1.90. The first kappa shape index (κ1) is 9.86. The van der Waals surface area contributed by atoms with E-state index in [4.69, 9.17) is 4.74 Å². The van der Waals surface area contributed by atoms with E-state index in [1.807, 2.05) is 31.3 Å². The van der Waals surface area contributed by atoms with Gasteiger partial charge in [0, 0.05) is 32.1 Å². The Morgan fingerprint density at radius 1 is 1.15 bits per heavy atom. The van der Waals surface area contributed by atoms with Gasteiger partial charge in [0.15, 0.2) is 0 Å². The zero-order valence-electron chi connectivity index (χ0n) is 8.13. The molecular formula is C10H16N2O. The van der Waals surface area contributed by atoms with Crippen molar-refractivity contribution in [3.8, 4) is 0 Å². The number of methoxy groups -OCH3 is 1. The smallest absolute Gasteiger partial charge is 0.0635 e. The van der Waals surface area contributed by atoms with Crippen molar-refractivity contribution in [2.45, 2.75) is 0 Å². The van der Waals surface area contributed by atoms with E-state index in [-0.39, 0.29) is 0 Å². The largest absolute Gasteiger partial charge is 0.388 e. The number of anilines is 2. The van der Waals surface area contributed by atoms with Crippen LogP contribution in [0.3, 0.4) is 0 Å². The number of hydrogen-bond donors (Lipinski definition) is 2. The second kappa shape index (κ2) is 5.43. The molecule has 0 fully saturated rings. The van der Waals surface area contributed by atoms with Gasteiger partial charge in [0.1, 0.15) is 0 Å². The second-order valence-electron chi connectivity index (χ2n) is 2.75. The monoisotopic (exact) mass is 180 g/mol. The summed E-state index contributed by atoms with van der Waals surface area (Å²) in [5, 5.41) is 6.31. The molecule has 0 atom stereocenters. The van der Waals surface area contributed by atoms with Crippen molar-refractivity contribution in [1.82, 2.24) is 0 Å². The predicted molar refractivity (Wildman–Crippen MR) is 56.4 cm³/mol. The zero-order chi connectivity index (χ0) is 9.52. The molecule has 3 nitrogen and oxygen atoms in total. The number of nitrogens with one attached hydrogen (secondary N) is 2. The van der Waals surface area contributed by atoms with E-state index in [9.17, 15) is 0 Å². The molecular weight excluding hydrogens is 164 g/mol. The number of rotatable bonds is 5. The van der Waals surface area contributed by atoms with Crippen molar-refractivity contribution in [3.05, 3.63) is 24.3 Å². The average Bonchev–Trinajstić information content (AvgIpc) is 2.19. The molecule has 0 radical (unpaired) electrons. The molecule has 0 bridgehead atoms. The van der Waals surface area contributed by atoms with Crippen LogP contribution in [0, 0.1) is 0 Å². The maximum absolute atomic E-state index is 4.93. The maximum atomic E-state index is 4.93. The van der Waals surface area contributed by atoms with Crippen molar-refractivity contribution in [2.24, 2.45) is 0 Å². The first-order valence-corrected chi connectivity index (χ1v) is 4.37. The summed E-state index contributed by atoms with van der Waals surface area (Å²) in [7, 11) is 3.61. The van der Waals surface area contributed by atoms with Crippen LogP contribution in [-0.2, 0) is 4.74 Å². The summed E-state index contributed by atoms with van der Waals surface area (Å²) in [6.07, 6.45) is 0. The van der Waals surface area contributed by atoms with Gasteiger partial charge in [-0.15, -0.1) is 0 Å². The molecule has 0 saturated heterocycles. The minimum atomic E-state index is 0.730. The van der Waals surface area contributed by atoms with E-state index in [1.165, 1.54) is 0 Å². The molecule has 0 aliphatic carbocycles. The first-order valence-electron chi connectivity index (χ1n) is 4.37. The highest BCUT2D eigenvalue weighted by atomic mass is 16.5. The predicted octanol–water partition coefficient (Wildman–Crippen LogP) is 1.79. The van der Waals surface area contributed by atoms with Crippen molar-refractivity contribution in [1.29, 1.82) is 0 Å². The van der Waals surface area contributed by atoms with E-state index in [0.717, 1.165) is 24.5 Å². The topological polar surface area (TPSA) is 33.3 Å². The normalized spacial score (nSPS) is 9.69. The molecule has 0 aliphatic heterocycles. The molecule has 0 unspecified atom stereocenters. The van der Waals surface area contributed by atoms with Gasteiger partial charge in [-0.1, -0.05) is 0 Å². The molecule has 3 heteroatoms. The van der Waals surface area contributed by atoms with Crippen molar-refractivity contribution < 1.29 is 4.74 Å². The molecule has 0 heterocycles. The van der Waals surface area contributed by atoms with E-state index in [0.29, 0.717) is 0 Å². The van der Waals surface area contributed by atoms with Crippen LogP contribution in [0.5, 0.6) is 0 Å². The molecule has 0 amide bonds. The quantitative estimate of drug-likeness (QED) is 0.678. The minimum absolute atomic E-state index is 0.730. The fraction of sp³-hybridized carbons (Fsp3) is 0.400. The molecule has 0 spiro atoms. The zero-order valence-corrected chi connectivity index (χ0v) is 8.13. The van der Waals surface area contributed by atoms with Gasteiger partial charge in [0.25, 0.3) is 0 Å². The summed E-state index contributed by atoms with van der Waals surface area (Å²) in [6, 6.07) is 8.16. The number of ether oxygens (including phenoxy) is 1. The number of benzene rings is 1. The Morgan fingerprint density at radius 3 is 2.31 bits per heavy atom. The van der Waals surface area contributed by atoms with Crippen LogP contribution in [0.1, 0.15) is 0 Å². The maximum Gasteiger partial charge on any atom is 0.0635 e. The Bertz CT molecular complexity index is 233. The van der Waals surface area contributed by atoms with Crippen LogP contribution >= 0.6 is 0 Å². The van der Waals surface area contributed by atoms with Gasteiger partial charge >= 0.3 is 0 Å². The Kier molecular flexibility index (Phi) is 4.12. The van der Waals surface area contributed by atoms with Crippen LogP contribution in [0.25, 0.3) is 0 Å². The third kappa shape index (κ3) is 3.34. The van der Waals surface area contributed by atoms with Crippen molar-refractivity contribution in [2.75, 3.05) is 37.9 Å². The molecule has 0 aromatic heterocycles. The Labute approximate surface area is 79.1 Å². The van der Waals surface area contributed by atoms with Crippen LogP contribution < -0.4 is 10.6 Å². The average molecular weight is 180 g/mol. The van der Waals surface area contributed by atoms with Gasteiger partial charge in [-0.3, -0.25) is 0 Å². The lowest BCUT2D eigenvalue weighted by molar-refractivity contribution is 0.211. The highest BCUT2D eigenvalue weighted by molar-refractivity contribution is 5.53. The molecule has 72 valence electrons. The SMILES string of the molecule is CNc1ccc(NCCOC)cc1. The van der Waals surface area contributed by atoms with Gasteiger partial charge in [-0.2, -0.15) is 0 Å². The molecule has 0 saturated carbocycles. The second-order valence-corrected chi connectivity index (χ2v) is 2.75. The summed E-state index contributed by atoms with van der Waals surface area (Å²) < 4.78 is 4.93. The molecule has 0 aliphatic rings. The van der Waals surface area contributed by atoms with Crippen molar-refractivity contribution >= 4 is 11.4 Å². The van der Waals surface area contributed by atoms with Gasteiger partial charge in [0.05, 0.1) is 6.61 Å². The third-order valence-corrected chi connectivity index (χ3v) is 1.81. The summed E-state index contributed by atoms with van der Waals surface area (Å²) in [5.41, 5.74) is 2.24. The van der Waals surface area contributed by atoms with Crippen LogP contribution in [0.4, 0.5) is 11.4 Å². The van der Waals surface area contributed by atoms with Crippen LogP contribution in [-0.4, -0.2) is 27.3 Å². The summed E-state index contributed by atoms with van der Waals surface area (Å²) in [6.45, 7) is 1.57. The standard InChI is InChI=1S/C10H16N2O/c1-11-9-3-5-10(6-4-9)12-7-8-13-2/h3-6,11-12H,7-8H2,1-2H3. The molecule has 1 aromatic carbocycles. The van der Waals surface area contributed by atoms with Gasteiger partial charge in [-0.25, -0.2) is 0 Å². The Morgan fingerprint density at radius 2 is 1.77 bits per heavy atom.